The summed E-state index contributed by atoms with van der Waals surface area (Å²) in [5, 5.41) is 2.48. The molecule has 0 aliphatic heterocycles. The monoisotopic (exact) mass is 639 g/mol. The average molecular weight is 640 g/mol. The molecule has 0 aromatic heterocycles. The Morgan fingerprint density at radius 1 is 0.380 bits per heavy atom. The van der Waals surface area contributed by atoms with Gasteiger partial charge in [-0.3, -0.25) is 0 Å². The molecule has 0 N–H and O–H groups in total. The molecule has 0 saturated heterocycles. The zero-order valence-electron chi connectivity index (χ0n) is 28.3. The SMILES string of the molecule is CC1(C)c2ccccc2-c2ccc(N(c3ccccc3)c3cccc(-c4cccc5ccccc45)c3-c3ccc(-c4ccccc4)cc3)cc21. The van der Waals surface area contributed by atoms with E-state index >= 15 is 0 Å². The molecule has 8 aromatic rings. The highest BCUT2D eigenvalue weighted by Gasteiger charge is 2.36. The Morgan fingerprint density at radius 3 is 1.78 bits per heavy atom. The van der Waals surface area contributed by atoms with Crippen LogP contribution >= 0.6 is 0 Å². The van der Waals surface area contributed by atoms with Gasteiger partial charge in [-0.25, -0.2) is 0 Å². The smallest absolute Gasteiger partial charge is 0.0546 e. The highest BCUT2D eigenvalue weighted by molar-refractivity contribution is 6.04. The number of nitrogens with zero attached hydrogens (tertiary/aromatic N) is 1. The molecule has 9 rings (SSSR count). The van der Waals surface area contributed by atoms with Crippen LogP contribution in [0.4, 0.5) is 17.1 Å². The van der Waals surface area contributed by atoms with E-state index in [0.29, 0.717) is 0 Å². The van der Waals surface area contributed by atoms with Gasteiger partial charge in [-0.05, 0) is 91.2 Å². The van der Waals surface area contributed by atoms with Crippen molar-refractivity contribution in [3.63, 3.8) is 0 Å². The van der Waals surface area contributed by atoms with E-state index in [2.05, 4.69) is 207 Å². The highest BCUT2D eigenvalue weighted by atomic mass is 15.1. The van der Waals surface area contributed by atoms with Crippen molar-refractivity contribution in [3.8, 4) is 44.5 Å². The van der Waals surface area contributed by atoms with Crippen molar-refractivity contribution >= 4 is 27.8 Å². The van der Waals surface area contributed by atoms with Crippen molar-refractivity contribution in [2.24, 2.45) is 0 Å². The molecule has 0 saturated carbocycles. The second kappa shape index (κ2) is 12.1. The predicted octanol–water partition coefficient (Wildman–Crippen LogP) is 13.6. The molecule has 0 radical (unpaired) electrons. The first kappa shape index (κ1) is 29.9. The minimum Gasteiger partial charge on any atom is -0.310 e. The summed E-state index contributed by atoms with van der Waals surface area (Å²) in [6, 6.07) is 68.7. The number of rotatable bonds is 6. The largest absolute Gasteiger partial charge is 0.310 e. The summed E-state index contributed by atoms with van der Waals surface area (Å²) in [5.41, 5.74) is 15.9. The number of para-hydroxylation sites is 1. The van der Waals surface area contributed by atoms with E-state index in [1.807, 2.05) is 0 Å². The molecule has 0 unspecified atom stereocenters. The molecule has 1 aliphatic carbocycles. The topological polar surface area (TPSA) is 3.24 Å². The maximum Gasteiger partial charge on any atom is 0.0546 e. The third kappa shape index (κ3) is 4.94. The van der Waals surface area contributed by atoms with E-state index in [1.54, 1.807) is 0 Å². The lowest BCUT2D eigenvalue weighted by atomic mass is 9.82. The lowest BCUT2D eigenvalue weighted by Crippen LogP contribution is -2.17. The molecule has 1 heteroatoms. The van der Waals surface area contributed by atoms with Crippen LogP contribution in [0.15, 0.2) is 188 Å². The third-order valence-electron chi connectivity index (χ3n) is 10.5. The molecule has 0 bridgehead atoms. The van der Waals surface area contributed by atoms with Gasteiger partial charge in [0, 0.05) is 22.4 Å². The van der Waals surface area contributed by atoms with Crippen LogP contribution in [0.1, 0.15) is 25.0 Å². The maximum absolute atomic E-state index is 2.45. The summed E-state index contributed by atoms with van der Waals surface area (Å²) < 4.78 is 0. The van der Waals surface area contributed by atoms with E-state index in [0.717, 1.165) is 17.1 Å². The first-order valence-corrected chi connectivity index (χ1v) is 17.4. The van der Waals surface area contributed by atoms with Gasteiger partial charge in [-0.2, -0.15) is 0 Å². The summed E-state index contributed by atoms with van der Waals surface area (Å²) in [4.78, 5) is 2.45. The lowest BCUT2D eigenvalue weighted by Gasteiger charge is -2.31. The Labute approximate surface area is 294 Å². The number of benzene rings is 8. The molecule has 1 nitrogen and oxygen atoms in total. The first-order chi connectivity index (χ1) is 24.6. The summed E-state index contributed by atoms with van der Waals surface area (Å²) in [6.45, 7) is 4.71. The molecule has 50 heavy (non-hydrogen) atoms. The molecule has 0 spiro atoms. The zero-order chi connectivity index (χ0) is 33.7. The second-order valence-corrected chi connectivity index (χ2v) is 13.7. The summed E-state index contributed by atoms with van der Waals surface area (Å²) >= 11 is 0. The number of hydrogen-bond acceptors (Lipinski definition) is 1. The van der Waals surface area contributed by atoms with Crippen molar-refractivity contribution < 1.29 is 0 Å². The van der Waals surface area contributed by atoms with Crippen LogP contribution in [0.2, 0.25) is 0 Å². The van der Waals surface area contributed by atoms with Crippen molar-refractivity contribution in [1.29, 1.82) is 0 Å². The van der Waals surface area contributed by atoms with Gasteiger partial charge in [0.25, 0.3) is 0 Å². The molecule has 1 aliphatic rings. The van der Waals surface area contributed by atoms with Gasteiger partial charge in [0.05, 0.1) is 5.69 Å². The first-order valence-electron chi connectivity index (χ1n) is 17.4. The minimum atomic E-state index is -0.106. The Kier molecular flexibility index (Phi) is 7.21. The van der Waals surface area contributed by atoms with Crippen LogP contribution in [-0.2, 0) is 5.41 Å². The van der Waals surface area contributed by atoms with Crippen LogP contribution in [-0.4, -0.2) is 0 Å². The predicted molar refractivity (Wildman–Crippen MR) is 213 cm³/mol. The summed E-state index contributed by atoms with van der Waals surface area (Å²) in [7, 11) is 0. The number of fused-ring (bicyclic) bond motifs is 4. The standard InChI is InChI=1S/C49H37N/c1-49(2)45-25-12-11-22-42(45)43-32-31-39(33-46(43)49)50(38-19-7-4-8-20-38)47-26-14-24-44(41-23-13-18-36-17-9-10-21-40(36)41)48(47)37-29-27-35(28-30-37)34-15-5-3-6-16-34/h3-33H,1-2H3. The normalized spacial score (nSPS) is 12.8. The van der Waals surface area contributed by atoms with Crippen LogP contribution in [0.5, 0.6) is 0 Å². The van der Waals surface area contributed by atoms with Crippen molar-refractivity contribution in [2.45, 2.75) is 19.3 Å². The fourth-order valence-corrected chi connectivity index (χ4v) is 8.01. The molecule has 238 valence electrons. The quantitative estimate of drug-likeness (QED) is 0.175. The van der Waals surface area contributed by atoms with Gasteiger partial charge in [0.2, 0.25) is 0 Å². The third-order valence-corrected chi connectivity index (χ3v) is 10.5. The van der Waals surface area contributed by atoms with Gasteiger partial charge in [-0.1, -0.05) is 172 Å². The fraction of sp³-hybridized carbons (Fsp3) is 0.0612. The van der Waals surface area contributed by atoms with Gasteiger partial charge in [0.15, 0.2) is 0 Å². The minimum absolute atomic E-state index is 0.106. The second-order valence-electron chi connectivity index (χ2n) is 13.7. The van der Waals surface area contributed by atoms with E-state index in [-0.39, 0.29) is 5.41 Å². The van der Waals surface area contributed by atoms with Crippen LogP contribution in [0.3, 0.4) is 0 Å². The molecule has 8 aromatic carbocycles. The van der Waals surface area contributed by atoms with Crippen molar-refractivity contribution in [2.75, 3.05) is 4.90 Å². The Morgan fingerprint density at radius 2 is 0.960 bits per heavy atom. The summed E-state index contributed by atoms with van der Waals surface area (Å²) in [6.07, 6.45) is 0. The average Bonchev–Trinajstić information content (AvgIpc) is 3.41. The van der Waals surface area contributed by atoms with Gasteiger partial charge < -0.3 is 4.90 Å². The molecular formula is C49H37N. The molecule has 0 amide bonds. The number of anilines is 3. The molecular weight excluding hydrogens is 603 g/mol. The van der Waals surface area contributed by atoms with Crippen LogP contribution in [0, 0.1) is 0 Å². The highest BCUT2D eigenvalue weighted by Crippen LogP contribution is 2.52. The van der Waals surface area contributed by atoms with E-state index in [1.165, 1.54) is 66.4 Å². The van der Waals surface area contributed by atoms with Crippen LogP contribution < -0.4 is 4.90 Å². The van der Waals surface area contributed by atoms with E-state index < -0.39 is 0 Å². The van der Waals surface area contributed by atoms with E-state index in [4.69, 9.17) is 0 Å². The zero-order valence-corrected chi connectivity index (χ0v) is 28.3. The van der Waals surface area contributed by atoms with Crippen molar-refractivity contribution in [1.82, 2.24) is 0 Å². The Bertz CT molecular complexity index is 2490. The molecule has 0 atom stereocenters. The van der Waals surface area contributed by atoms with Gasteiger partial charge in [-0.15, -0.1) is 0 Å². The van der Waals surface area contributed by atoms with Gasteiger partial charge in [0.1, 0.15) is 0 Å². The number of hydrogen-bond donors (Lipinski definition) is 0. The summed E-state index contributed by atoms with van der Waals surface area (Å²) in [5.74, 6) is 0. The van der Waals surface area contributed by atoms with Gasteiger partial charge >= 0.3 is 0 Å². The fourth-order valence-electron chi connectivity index (χ4n) is 8.01. The molecule has 0 heterocycles. The maximum atomic E-state index is 2.45. The van der Waals surface area contributed by atoms with Crippen LogP contribution in [0.25, 0.3) is 55.3 Å². The van der Waals surface area contributed by atoms with Crippen molar-refractivity contribution in [3.05, 3.63) is 199 Å². The Hall–Kier alpha value is -6.18. The molecule has 0 fully saturated rings. The van der Waals surface area contributed by atoms with E-state index in [9.17, 15) is 0 Å². The Balaban J connectivity index is 1.30. The lowest BCUT2D eigenvalue weighted by molar-refractivity contribution is 0.660.